The van der Waals surface area contributed by atoms with Crippen LogP contribution in [0.5, 0.6) is 5.06 Å². The Bertz CT molecular complexity index is 835. The van der Waals surface area contributed by atoms with Crippen LogP contribution in [0, 0.1) is 0 Å². The molecule has 0 aliphatic carbocycles. The van der Waals surface area contributed by atoms with Crippen LogP contribution in [0.1, 0.15) is 41.8 Å². The monoisotopic (exact) mass is 451 g/mol. The van der Waals surface area contributed by atoms with Crippen molar-refractivity contribution in [3.63, 3.8) is 0 Å². The fraction of sp³-hybridized carbons (Fsp3) is 0.400. The number of methoxy groups -OCH3 is 1. The second-order valence-electron chi connectivity index (χ2n) is 6.41. The molecule has 27 heavy (non-hydrogen) atoms. The first-order chi connectivity index (χ1) is 13.0. The highest BCUT2D eigenvalue weighted by Gasteiger charge is 2.33. The number of carbonyl (C=O) groups excluding carboxylic acids is 2. The molecule has 1 aliphatic rings. The first-order valence-electron chi connectivity index (χ1n) is 8.92. The predicted molar refractivity (Wildman–Crippen MR) is 108 cm³/mol. The lowest BCUT2D eigenvalue weighted by atomic mass is 10.0. The molecule has 2 aromatic rings. The molecule has 1 atom stereocenters. The fourth-order valence-electron chi connectivity index (χ4n) is 3.25. The number of carbonyl (C=O) groups is 2. The number of nitrogens with zero attached hydrogens (tertiary/aromatic N) is 1. The van der Waals surface area contributed by atoms with Gasteiger partial charge in [0.05, 0.1) is 7.11 Å². The van der Waals surface area contributed by atoms with Crippen molar-refractivity contribution in [2.45, 2.75) is 38.8 Å². The number of fused-ring (bicyclic) bond motifs is 1. The van der Waals surface area contributed by atoms with Crippen LogP contribution >= 0.6 is 27.3 Å². The van der Waals surface area contributed by atoms with E-state index in [1.54, 1.807) is 0 Å². The zero-order valence-corrected chi connectivity index (χ0v) is 17.8. The number of thiophene rings is 1. The maximum Gasteiger partial charge on any atom is 0.327 e. The third kappa shape index (κ3) is 4.59. The van der Waals surface area contributed by atoms with Gasteiger partial charge in [-0.05, 0) is 36.1 Å². The van der Waals surface area contributed by atoms with E-state index in [2.05, 4.69) is 20.8 Å². The summed E-state index contributed by atoms with van der Waals surface area (Å²) in [6, 6.07) is 9.15. The highest BCUT2D eigenvalue weighted by molar-refractivity contribution is 9.10. The summed E-state index contributed by atoms with van der Waals surface area (Å²) in [5, 5.41) is 0.635. The lowest BCUT2D eigenvalue weighted by Crippen LogP contribution is -2.38. The summed E-state index contributed by atoms with van der Waals surface area (Å²) < 4.78 is 11.4. The summed E-state index contributed by atoms with van der Waals surface area (Å²) in [6.45, 7) is 3.29. The molecule has 5 nitrogen and oxygen atoms in total. The number of ether oxygens (including phenoxy) is 2. The van der Waals surface area contributed by atoms with Gasteiger partial charge >= 0.3 is 11.9 Å². The van der Waals surface area contributed by atoms with E-state index in [-0.39, 0.29) is 11.9 Å². The summed E-state index contributed by atoms with van der Waals surface area (Å²) in [5.74, 6) is -0.483. The van der Waals surface area contributed by atoms with E-state index in [1.165, 1.54) is 23.3 Å². The SMILES string of the molecule is CCCC(=O)Oc1cc2c(s1)CCN([C@H](C(=O)OC)c1ccccc1Br)C2. The molecule has 2 heterocycles. The van der Waals surface area contributed by atoms with Crippen molar-refractivity contribution in [3.05, 3.63) is 50.8 Å². The zero-order valence-electron chi connectivity index (χ0n) is 15.4. The lowest BCUT2D eigenvalue weighted by molar-refractivity contribution is -0.147. The Kier molecular flexibility index (Phi) is 6.68. The average molecular weight is 452 g/mol. The summed E-state index contributed by atoms with van der Waals surface area (Å²) in [5.41, 5.74) is 1.99. The molecule has 0 fully saturated rings. The summed E-state index contributed by atoms with van der Waals surface area (Å²) in [6.07, 6.45) is 1.99. The van der Waals surface area contributed by atoms with Crippen LogP contribution in [0.2, 0.25) is 0 Å². The second-order valence-corrected chi connectivity index (χ2v) is 8.36. The Labute approximate surface area is 171 Å². The quantitative estimate of drug-likeness (QED) is 0.605. The van der Waals surface area contributed by atoms with Crippen molar-refractivity contribution >= 4 is 39.2 Å². The second kappa shape index (κ2) is 8.99. The molecule has 0 saturated carbocycles. The minimum absolute atomic E-state index is 0.200. The minimum atomic E-state index is -0.482. The number of benzene rings is 1. The molecule has 0 radical (unpaired) electrons. The molecule has 0 N–H and O–H groups in total. The van der Waals surface area contributed by atoms with E-state index in [9.17, 15) is 9.59 Å². The number of hydrogen-bond acceptors (Lipinski definition) is 6. The fourth-order valence-corrected chi connectivity index (χ4v) is 4.78. The van der Waals surface area contributed by atoms with E-state index in [4.69, 9.17) is 9.47 Å². The maximum atomic E-state index is 12.5. The van der Waals surface area contributed by atoms with E-state index in [0.29, 0.717) is 18.0 Å². The van der Waals surface area contributed by atoms with Gasteiger partial charge in [-0.2, -0.15) is 0 Å². The molecule has 0 amide bonds. The van der Waals surface area contributed by atoms with Crippen molar-refractivity contribution < 1.29 is 19.1 Å². The van der Waals surface area contributed by atoms with Crippen molar-refractivity contribution in [1.29, 1.82) is 0 Å². The number of halogens is 1. The lowest BCUT2D eigenvalue weighted by Gasteiger charge is -2.33. The van der Waals surface area contributed by atoms with Crippen LogP contribution in [0.4, 0.5) is 0 Å². The number of rotatable bonds is 6. The molecule has 0 unspecified atom stereocenters. The molecule has 1 aromatic carbocycles. The predicted octanol–water partition coefficient (Wildman–Crippen LogP) is 4.49. The molecular weight excluding hydrogens is 430 g/mol. The van der Waals surface area contributed by atoms with Crippen LogP contribution in [0.25, 0.3) is 0 Å². The van der Waals surface area contributed by atoms with Crippen molar-refractivity contribution in [3.8, 4) is 5.06 Å². The third-order valence-electron chi connectivity index (χ3n) is 4.53. The first kappa shape index (κ1) is 20.0. The Morgan fingerprint density at radius 2 is 2.11 bits per heavy atom. The summed E-state index contributed by atoms with van der Waals surface area (Å²) in [7, 11) is 1.41. The highest BCUT2D eigenvalue weighted by atomic mass is 79.9. The van der Waals surface area contributed by atoms with E-state index < -0.39 is 6.04 Å². The van der Waals surface area contributed by atoms with Gasteiger partial charge < -0.3 is 9.47 Å². The zero-order chi connectivity index (χ0) is 19.4. The summed E-state index contributed by atoms with van der Waals surface area (Å²) >= 11 is 5.07. The molecule has 144 valence electrons. The maximum absolute atomic E-state index is 12.5. The van der Waals surface area contributed by atoms with Gasteiger partial charge in [-0.15, -0.1) is 11.3 Å². The van der Waals surface area contributed by atoms with Crippen molar-refractivity contribution in [1.82, 2.24) is 4.90 Å². The highest BCUT2D eigenvalue weighted by Crippen LogP contribution is 2.37. The molecule has 0 bridgehead atoms. The molecule has 7 heteroatoms. The van der Waals surface area contributed by atoms with Gasteiger partial charge in [-0.1, -0.05) is 41.1 Å². The molecule has 3 rings (SSSR count). The Balaban J connectivity index is 1.82. The molecule has 1 aliphatic heterocycles. The average Bonchev–Trinajstić information content (AvgIpc) is 3.04. The van der Waals surface area contributed by atoms with E-state index in [1.807, 2.05) is 37.3 Å². The van der Waals surface area contributed by atoms with Gasteiger partial charge in [0, 0.05) is 28.9 Å². The standard InChI is InChI=1S/C20H22BrNO4S/c1-3-6-17(23)26-18-11-13-12-22(10-9-16(13)27-18)19(20(24)25-2)14-7-4-5-8-15(14)21/h4-5,7-8,11,19H,3,6,9-10,12H2,1-2H3/t19-/m0/s1. The molecule has 0 spiro atoms. The van der Waals surface area contributed by atoms with Crippen LogP contribution in [-0.2, 0) is 27.3 Å². The Morgan fingerprint density at radius 3 is 2.81 bits per heavy atom. The first-order valence-corrected chi connectivity index (χ1v) is 10.5. The van der Waals surface area contributed by atoms with Gasteiger partial charge in [0.2, 0.25) is 0 Å². The smallest absolute Gasteiger partial charge is 0.327 e. The molecule has 0 saturated heterocycles. The van der Waals surface area contributed by atoms with Crippen molar-refractivity contribution in [2.75, 3.05) is 13.7 Å². The van der Waals surface area contributed by atoms with Crippen molar-refractivity contribution in [2.24, 2.45) is 0 Å². The minimum Gasteiger partial charge on any atom is -0.468 e. The summed E-state index contributed by atoms with van der Waals surface area (Å²) in [4.78, 5) is 27.6. The normalized spacial score (nSPS) is 15.1. The van der Waals surface area contributed by atoms with Gasteiger partial charge in [-0.25, -0.2) is 4.79 Å². The van der Waals surface area contributed by atoms with Gasteiger partial charge in [-0.3, -0.25) is 9.69 Å². The van der Waals surface area contributed by atoms with E-state index >= 15 is 0 Å². The number of hydrogen-bond donors (Lipinski definition) is 0. The van der Waals surface area contributed by atoms with Crippen LogP contribution < -0.4 is 4.74 Å². The van der Waals surface area contributed by atoms with Crippen LogP contribution in [0.3, 0.4) is 0 Å². The molecule has 1 aromatic heterocycles. The Morgan fingerprint density at radius 1 is 1.33 bits per heavy atom. The van der Waals surface area contributed by atoms with Crippen LogP contribution in [0.15, 0.2) is 34.8 Å². The Hall–Kier alpha value is -1.70. The van der Waals surface area contributed by atoms with Gasteiger partial charge in [0.15, 0.2) is 5.06 Å². The van der Waals surface area contributed by atoms with Gasteiger partial charge in [0.25, 0.3) is 0 Å². The van der Waals surface area contributed by atoms with E-state index in [0.717, 1.165) is 35.0 Å². The third-order valence-corrected chi connectivity index (χ3v) is 6.37. The topological polar surface area (TPSA) is 55.8 Å². The largest absolute Gasteiger partial charge is 0.468 e. The van der Waals surface area contributed by atoms with Crippen LogP contribution in [-0.4, -0.2) is 30.5 Å². The molecular formula is C20H22BrNO4S. The van der Waals surface area contributed by atoms with Gasteiger partial charge in [0.1, 0.15) is 6.04 Å². The number of esters is 2.